The van der Waals surface area contributed by atoms with Crippen molar-refractivity contribution in [3.8, 4) is 22.8 Å². The summed E-state index contributed by atoms with van der Waals surface area (Å²) in [4.78, 5) is 16.3. The first kappa shape index (κ1) is 17.5. The summed E-state index contributed by atoms with van der Waals surface area (Å²) in [5, 5.41) is 0. The van der Waals surface area contributed by atoms with Crippen molar-refractivity contribution in [3.05, 3.63) is 65.9 Å². The van der Waals surface area contributed by atoms with Crippen LogP contribution in [-0.4, -0.2) is 25.2 Å². The van der Waals surface area contributed by atoms with Crippen molar-refractivity contribution in [2.75, 3.05) is 14.2 Å². The van der Waals surface area contributed by atoms with Gasteiger partial charge in [0.05, 0.1) is 20.4 Å². The van der Waals surface area contributed by atoms with Crippen molar-refractivity contribution in [2.45, 2.75) is 6.61 Å². The van der Waals surface area contributed by atoms with Crippen LogP contribution in [0.15, 0.2) is 53.1 Å². The average molecular weight is 357 g/mol. The second-order valence-corrected chi connectivity index (χ2v) is 5.27. The normalized spacial score (nSPS) is 10.4. The lowest BCUT2D eigenvalue weighted by atomic mass is 10.2. The molecule has 3 rings (SSSR count). The van der Waals surface area contributed by atoms with E-state index in [-0.39, 0.29) is 23.9 Å². The van der Waals surface area contributed by atoms with Crippen LogP contribution >= 0.6 is 0 Å². The molecular formula is C19H16FNO5. The Morgan fingerprint density at radius 3 is 2.58 bits per heavy atom. The number of hydrogen-bond acceptors (Lipinski definition) is 6. The van der Waals surface area contributed by atoms with Crippen LogP contribution < -0.4 is 9.47 Å². The molecule has 0 bridgehead atoms. The SMILES string of the molecule is COc1ccc(C(=O)OCc2ncc(-c3ccc(F)cc3)o2)c(OC)c1. The van der Waals surface area contributed by atoms with E-state index in [9.17, 15) is 9.18 Å². The first-order valence-corrected chi connectivity index (χ1v) is 7.70. The molecule has 7 heteroatoms. The van der Waals surface area contributed by atoms with E-state index in [1.807, 2.05) is 0 Å². The number of oxazole rings is 1. The Kier molecular flexibility index (Phi) is 5.17. The second kappa shape index (κ2) is 7.69. The highest BCUT2D eigenvalue weighted by molar-refractivity contribution is 5.92. The quantitative estimate of drug-likeness (QED) is 0.624. The summed E-state index contributed by atoms with van der Waals surface area (Å²) in [5.74, 6) is 0.675. The summed E-state index contributed by atoms with van der Waals surface area (Å²) in [5.41, 5.74) is 0.937. The third kappa shape index (κ3) is 3.83. The van der Waals surface area contributed by atoms with E-state index in [1.165, 1.54) is 32.5 Å². The maximum absolute atomic E-state index is 13.0. The number of aromatic nitrogens is 1. The van der Waals surface area contributed by atoms with Gasteiger partial charge in [0, 0.05) is 11.6 Å². The van der Waals surface area contributed by atoms with E-state index >= 15 is 0 Å². The Bertz CT molecular complexity index is 905. The van der Waals surface area contributed by atoms with Crippen LogP contribution in [-0.2, 0) is 11.3 Å². The van der Waals surface area contributed by atoms with Crippen molar-refractivity contribution in [3.63, 3.8) is 0 Å². The number of methoxy groups -OCH3 is 2. The fourth-order valence-corrected chi connectivity index (χ4v) is 2.30. The van der Waals surface area contributed by atoms with E-state index in [2.05, 4.69) is 4.98 Å². The maximum Gasteiger partial charge on any atom is 0.342 e. The second-order valence-electron chi connectivity index (χ2n) is 5.27. The monoisotopic (exact) mass is 357 g/mol. The number of carbonyl (C=O) groups is 1. The number of nitrogens with zero attached hydrogens (tertiary/aromatic N) is 1. The molecule has 0 fully saturated rings. The Labute approximate surface area is 149 Å². The highest BCUT2D eigenvalue weighted by Crippen LogP contribution is 2.26. The van der Waals surface area contributed by atoms with Crippen LogP contribution in [0.25, 0.3) is 11.3 Å². The lowest BCUT2D eigenvalue weighted by Crippen LogP contribution is -2.07. The van der Waals surface area contributed by atoms with Crippen molar-refractivity contribution < 1.29 is 27.8 Å². The Morgan fingerprint density at radius 1 is 1.12 bits per heavy atom. The molecule has 0 aliphatic carbocycles. The zero-order chi connectivity index (χ0) is 18.5. The van der Waals surface area contributed by atoms with Crippen LogP contribution in [0.2, 0.25) is 0 Å². The molecule has 0 aliphatic rings. The smallest absolute Gasteiger partial charge is 0.342 e. The summed E-state index contributed by atoms with van der Waals surface area (Å²) in [6.07, 6.45) is 1.49. The first-order valence-electron chi connectivity index (χ1n) is 7.70. The molecule has 0 atom stereocenters. The lowest BCUT2D eigenvalue weighted by molar-refractivity contribution is 0.0435. The van der Waals surface area contributed by atoms with Crippen LogP contribution in [0, 0.1) is 5.82 Å². The summed E-state index contributed by atoms with van der Waals surface area (Å²) in [6, 6.07) is 10.6. The van der Waals surface area contributed by atoms with Crippen molar-refractivity contribution in [1.29, 1.82) is 0 Å². The molecule has 0 saturated carbocycles. The van der Waals surface area contributed by atoms with Gasteiger partial charge >= 0.3 is 5.97 Å². The molecule has 1 aromatic heterocycles. The van der Waals surface area contributed by atoms with Gasteiger partial charge in [0.25, 0.3) is 0 Å². The molecule has 0 amide bonds. The van der Waals surface area contributed by atoms with Gasteiger partial charge in [-0.3, -0.25) is 0 Å². The number of carbonyl (C=O) groups excluding carboxylic acids is 1. The topological polar surface area (TPSA) is 70.8 Å². The van der Waals surface area contributed by atoms with Crippen molar-refractivity contribution in [1.82, 2.24) is 4.98 Å². The standard InChI is InChI=1S/C19H16FNO5/c1-23-14-7-8-15(16(9-14)24-2)19(22)25-11-18-21-10-17(26-18)12-3-5-13(20)6-4-12/h3-10H,11H2,1-2H3. The van der Waals surface area contributed by atoms with Crippen LogP contribution in [0.1, 0.15) is 16.2 Å². The van der Waals surface area contributed by atoms with E-state index in [0.29, 0.717) is 22.8 Å². The van der Waals surface area contributed by atoms with E-state index < -0.39 is 5.97 Å². The fourth-order valence-electron chi connectivity index (χ4n) is 2.30. The molecule has 0 saturated heterocycles. The average Bonchev–Trinajstić information content (AvgIpc) is 3.15. The van der Waals surface area contributed by atoms with Gasteiger partial charge in [0.15, 0.2) is 12.4 Å². The predicted molar refractivity (Wildman–Crippen MR) is 90.6 cm³/mol. The molecule has 134 valence electrons. The van der Waals surface area contributed by atoms with Gasteiger partial charge in [0.1, 0.15) is 22.9 Å². The zero-order valence-electron chi connectivity index (χ0n) is 14.2. The lowest BCUT2D eigenvalue weighted by Gasteiger charge is -2.09. The van der Waals surface area contributed by atoms with Gasteiger partial charge in [-0.25, -0.2) is 14.2 Å². The summed E-state index contributed by atoms with van der Waals surface area (Å²) < 4.78 is 34.0. The largest absolute Gasteiger partial charge is 0.497 e. The summed E-state index contributed by atoms with van der Waals surface area (Å²) in [7, 11) is 2.97. The van der Waals surface area contributed by atoms with Crippen LogP contribution in [0.5, 0.6) is 11.5 Å². The number of rotatable bonds is 6. The summed E-state index contributed by atoms with van der Waals surface area (Å²) in [6.45, 7) is -0.144. The number of benzene rings is 2. The molecule has 26 heavy (non-hydrogen) atoms. The molecule has 0 spiro atoms. The molecule has 0 aliphatic heterocycles. The Morgan fingerprint density at radius 2 is 1.88 bits per heavy atom. The molecule has 6 nitrogen and oxygen atoms in total. The van der Waals surface area contributed by atoms with Gasteiger partial charge in [-0.2, -0.15) is 0 Å². The molecule has 1 heterocycles. The third-order valence-corrected chi connectivity index (χ3v) is 3.64. The molecule has 0 N–H and O–H groups in total. The molecule has 0 radical (unpaired) electrons. The third-order valence-electron chi connectivity index (χ3n) is 3.64. The number of ether oxygens (including phenoxy) is 3. The molecule has 3 aromatic rings. The van der Waals surface area contributed by atoms with Gasteiger partial charge < -0.3 is 18.6 Å². The first-order chi connectivity index (χ1) is 12.6. The summed E-state index contributed by atoms with van der Waals surface area (Å²) >= 11 is 0. The molecule has 0 unspecified atom stereocenters. The zero-order valence-corrected chi connectivity index (χ0v) is 14.2. The maximum atomic E-state index is 13.0. The van der Waals surface area contributed by atoms with Crippen molar-refractivity contribution >= 4 is 5.97 Å². The van der Waals surface area contributed by atoms with Gasteiger partial charge in [-0.1, -0.05) is 0 Å². The number of esters is 1. The highest BCUT2D eigenvalue weighted by Gasteiger charge is 2.16. The Balaban J connectivity index is 1.68. The van der Waals surface area contributed by atoms with Gasteiger partial charge in [-0.05, 0) is 36.4 Å². The minimum absolute atomic E-state index is 0.144. The minimum Gasteiger partial charge on any atom is -0.497 e. The molecular weight excluding hydrogens is 341 g/mol. The number of halogens is 1. The minimum atomic E-state index is -0.578. The predicted octanol–water partition coefficient (Wildman–Crippen LogP) is 3.85. The van der Waals surface area contributed by atoms with Crippen LogP contribution in [0.4, 0.5) is 4.39 Å². The fraction of sp³-hybridized carbons (Fsp3) is 0.158. The highest BCUT2D eigenvalue weighted by atomic mass is 19.1. The van der Waals surface area contributed by atoms with Gasteiger partial charge in [-0.15, -0.1) is 0 Å². The molecule has 2 aromatic carbocycles. The van der Waals surface area contributed by atoms with Crippen molar-refractivity contribution in [2.24, 2.45) is 0 Å². The number of hydrogen-bond donors (Lipinski definition) is 0. The van der Waals surface area contributed by atoms with Crippen LogP contribution in [0.3, 0.4) is 0 Å². The van der Waals surface area contributed by atoms with E-state index in [4.69, 9.17) is 18.6 Å². The van der Waals surface area contributed by atoms with E-state index in [0.717, 1.165) is 0 Å². The van der Waals surface area contributed by atoms with E-state index in [1.54, 1.807) is 30.3 Å². The van der Waals surface area contributed by atoms with Gasteiger partial charge in [0.2, 0.25) is 5.89 Å². The Hall–Kier alpha value is -3.35.